The highest BCUT2D eigenvalue weighted by molar-refractivity contribution is 5.77. The van der Waals surface area contributed by atoms with E-state index in [4.69, 9.17) is 0 Å². The molecule has 0 aliphatic heterocycles. The van der Waals surface area contributed by atoms with Crippen LogP contribution in [0.1, 0.15) is 25.5 Å². The lowest BCUT2D eigenvalue weighted by molar-refractivity contribution is -0.120. The van der Waals surface area contributed by atoms with Gasteiger partial charge < -0.3 is 15.7 Å². The summed E-state index contributed by atoms with van der Waals surface area (Å²) in [5.74, 6) is -0.526. The number of carbonyl (C=O) groups excluding carboxylic acids is 1. The summed E-state index contributed by atoms with van der Waals surface area (Å²) >= 11 is 0. The van der Waals surface area contributed by atoms with E-state index in [1.165, 1.54) is 18.2 Å². The van der Waals surface area contributed by atoms with Gasteiger partial charge in [0.15, 0.2) is 0 Å². The SMILES string of the molecule is CCNC(=O)CNC(C)c1cc(F)ccc1O. The largest absolute Gasteiger partial charge is 0.508 e. The lowest BCUT2D eigenvalue weighted by Gasteiger charge is -2.15. The molecule has 94 valence electrons. The van der Waals surface area contributed by atoms with Crippen LogP contribution in [0.25, 0.3) is 0 Å². The second kappa shape index (κ2) is 6.20. The first-order valence-corrected chi connectivity index (χ1v) is 5.53. The first-order chi connectivity index (χ1) is 8.04. The standard InChI is InChI=1S/C12H17FN2O2/c1-3-14-12(17)7-15-8(2)10-6-9(13)4-5-11(10)16/h4-6,8,15-16H,3,7H2,1-2H3,(H,14,17). The summed E-state index contributed by atoms with van der Waals surface area (Å²) in [6.07, 6.45) is 0. The van der Waals surface area contributed by atoms with Gasteiger partial charge in [-0.05, 0) is 32.0 Å². The molecule has 0 fully saturated rings. The van der Waals surface area contributed by atoms with Crippen molar-refractivity contribution in [3.05, 3.63) is 29.6 Å². The molecule has 4 nitrogen and oxygen atoms in total. The number of phenols is 1. The van der Waals surface area contributed by atoms with Gasteiger partial charge in [0.2, 0.25) is 5.91 Å². The molecule has 0 heterocycles. The Bertz CT molecular complexity index is 396. The number of nitrogens with one attached hydrogen (secondary N) is 2. The third-order valence-electron chi connectivity index (χ3n) is 2.40. The van der Waals surface area contributed by atoms with Crippen LogP contribution < -0.4 is 10.6 Å². The number of phenolic OH excluding ortho intramolecular Hbond substituents is 1. The van der Waals surface area contributed by atoms with Gasteiger partial charge in [-0.1, -0.05) is 0 Å². The van der Waals surface area contributed by atoms with Crippen LogP contribution in [0.2, 0.25) is 0 Å². The van der Waals surface area contributed by atoms with Crippen molar-refractivity contribution in [2.75, 3.05) is 13.1 Å². The molecule has 0 aliphatic rings. The van der Waals surface area contributed by atoms with E-state index in [0.717, 1.165) is 0 Å². The van der Waals surface area contributed by atoms with Gasteiger partial charge in [-0.25, -0.2) is 4.39 Å². The number of likely N-dealkylation sites (N-methyl/N-ethyl adjacent to an activating group) is 1. The average Bonchev–Trinajstić information content (AvgIpc) is 2.29. The van der Waals surface area contributed by atoms with Crippen molar-refractivity contribution in [3.8, 4) is 5.75 Å². The first-order valence-electron chi connectivity index (χ1n) is 5.53. The molecule has 1 unspecified atom stereocenters. The summed E-state index contributed by atoms with van der Waals surface area (Å²) in [6, 6.07) is 3.45. The molecule has 1 amide bonds. The van der Waals surface area contributed by atoms with Gasteiger partial charge in [0.05, 0.1) is 6.54 Å². The number of carbonyl (C=O) groups is 1. The minimum absolute atomic E-state index is 0.0160. The van der Waals surface area contributed by atoms with E-state index in [1.807, 2.05) is 6.92 Å². The van der Waals surface area contributed by atoms with Gasteiger partial charge in [-0.15, -0.1) is 0 Å². The zero-order valence-corrected chi connectivity index (χ0v) is 9.96. The molecule has 0 aliphatic carbocycles. The molecule has 1 atom stereocenters. The molecule has 0 saturated carbocycles. The summed E-state index contributed by atoms with van der Waals surface area (Å²) in [7, 11) is 0. The molecule has 0 aromatic heterocycles. The fraction of sp³-hybridized carbons (Fsp3) is 0.417. The minimum atomic E-state index is -0.413. The maximum atomic E-state index is 13.0. The minimum Gasteiger partial charge on any atom is -0.508 e. The van der Waals surface area contributed by atoms with Crippen molar-refractivity contribution < 1.29 is 14.3 Å². The fourth-order valence-corrected chi connectivity index (χ4v) is 1.49. The van der Waals surface area contributed by atoms with E-state index in [-0.39, 0.29) is 24.2 Å². The first kappa shape index (κ1) is 13.4. The number of halogens is 1. The highest BCUT2D eigenvalue weighted by atomic mass is 19.1. The summed E-state index contributed by atoms with van der Waals surface area (Å²) < 4.78 is 13.0. The summed E-state index contributed by atoms with van der Waals surface area (Å²) in [6.45, 7) is 4.29. The molecule has 1 aromatic rings. The van der Waals surface area contributed by atoms with Crippen molar-refractivity contribution in [1.29, 1.82) is 0 Å². The van der Waals surface area contributed by atoms with Crippen LogP contribution in [-0.2, 0) is 4.79 Å². The van der Waals surface area contributed by atoms with Gasteiger partial charge in [0, 0.05) is 18.2 Å². The van der Waals surface area contributed by atoms with Gasteiger partial charge in [0.25, 0.3) is 0 Å². The van der Waals surface area contributed by atoms with Crippen LogP contribution in [-0.4, -0.2) is 24.1 Å². The summed E-state index contributed by atoms with van der Waals surface area (Å²) in [5, 5.41) is 15.1. The Morgan fingerprint density at radius 2 is 2.24 bits per heavy atom. The van der Waals surface area contributed by atoms with Crippen LogP contribution in [0.3, 0.4) is 0 Å². The fourth-order valence-electron chi connectivity index (χ4n) is 1.49. The molecular weight excluding hydrogens is 223 g/mol. The van der Waals surface area contributed by atoms with Crippen LogP contribution in [0.15, 0.2) is 18.2 Å². The number of hydrogen-bond donors (Lipinski definition) is 3. The van der Waals surface area contributed by atoms with E-state index in [0.29, 0.717) is 12.1 Å². The van der Waals surface area contributed by atoms with Crippen molar-refractivity contribution in [2.24, 2.45) is 0 Å². The number of rotatable bonds is 5. The Balaban J connectivity index is 2.60. The Hall–Kier alpha value is -1.62. The number of hydrogen-bond acceptors (Lipinski definition) is 3. The molecule has 3 N–H and O–H groups in total. The highest BCUT2D eigenvalue weighted by Gasteiger charge is 2.12. The second-order valence-corrected chi connectivity index (χ2v) is 3.76. The average molecular weight is 240 g/mol. The van der Waals surface area contributed by atoms with Gasteiger partial charge in [0.1, 0.15) is 11.6 Å². The quantitative estimate of drug-likeness (QED) is 0.727. The highest BCUT2D eigenvalue weighted by Crippen LogP contribution is 2.24. The third kappa shape index (κ3) is 4.03. The summed E-state index contributed by atoms with van der Waals surface area (Å²) in [5.41, 5.74) is 0.439. The van der Waals surface area contributed by atoms with E-state index in [1.54, 1.807) is 6.92 Å². The normalized spacial score (nSPS) is 12.2. The zero-order valence-electron chi connectivity index (χ0n) is 9.96. The van der Waals surface area contributed by atoms with Crippen LogP contribution in [0.4, 0.5) is 4.39 Å². The monoisotopic (exact) mass is 240 g/mol. The molecule has 0 saturated heterocycles. The molecule has 1 aromatic carbocycles. The predicted molar refractivity (Wildman–Crippen MR) is 63.2 cm³/mol. The Morgan fingerprint density at radius 1 is 1.53 bits per heavy atom. The van der Waals surface area contributed by atoms with Crippen molar-refractivity contribution >= 4 is 5.91 Å². The lowest BCUT2D eigenvalue weighted by Crippen LogP contribution is -2.34. The van der Waals surface area contributed by atoms with Gasteiger partial charge in [-0.2, -0.15) is 0 Å². The smallest absolute Gasteiger partial charge is 0.233 e. The number of amides is 1. The van der Waals surface area contributed by atoms with Crippen LogP contribution >= 0.6 is 0 Å². The topological polar surface area (TPSA) is 61.4 Å². The zero-order chi connectivity index (χ0) is 12.8. The van der Waals surface area contributed by atoms with Crippen molar-refractivity contribution in [3.63, 3.8) is 0 Å². The molecular formula is C12H17FN2O2. The van der Waals surface area contributed by atoms with Crippen LogP contribution in [0.5, 0.6) is 5.75 Å². The number of aromatic hydroxyl groups is 1. The predicted octanol–water partition coefficient (Wildman–Crippen LogP) is 1.32. The Labute approximate surface area is 99.8 Å². The van der Waals surface area contributed by atoms with E-state index < -0.39 is 5.82 Å². The maximum absolute atomic E-state index is 13.0. The summed E-state index contributed by atoms with van der Waals surface area (Å²) in [4.78, 5) is 11.2. The van der Waals surface area contributed by atoms with Crippen molar-refractivity contribution in [1.82, 2.24) is 10.6 Å². The van der Waals surface area contributed by atoms with Gasteiger partial charge >= 0.3 is 0 Å². The molecule has 5 heteroatoms. The second-order valence-electron chi connectivity index (χ2n) is 3.76. The van der Waals surface area contributed by atoms with Crippen LogP contribution in [0, 0.1) is 5.82 Å². The maximum Gasteiger partial charge on any atom is 0.233 e. The van der Waals surface area contributed by atoms with Crippen molar-refractivity contribution in [2.45, 2.75) is 19.9 Å². The molecule has 0 spiro atoms. The molecule has 1 rings (SSSR count). The Morgan fingerprint density at radius 3 is 2.88 bits per heavy atom. The molecule has 0 bridgehead atoms. The lowest BCUT2D eigenvalue weighted by atomic mass is 10.1. The molecule has 0 radical (unpaired) electrons. The van der Waals surface area contributed by atoms with E-state index in [2.05, 4.69) is 10.6 Å². The van der Waals surface area contributed by atoms with E-state index in [9.17, 15) is 14.3 Å². The third-order valence-corrected chi connectivity index (χ3v) is 2.40. The van der Waals surface area contributed by atoms with E-state index >= 15 is 0 Å². The Kier molecular flexibility index (Phi) is 4.90. The molecule has 17 heavy (non-hydrogen) atoms. The van der Waals surface area contributed by atoms with Gasteiger partial charge in [-0.3, -0.25) is 4.79 Å². The number of benzene rings is 1.